The number of carbonyl (C=O) groups is 1. The highest BCUT2D eigenvalue weighted by Crippen LogP contribution is 2.47. The average molecular weight is 431 g/mol. The molecule has 1 aromatic rings. The summed E-state index contributed by atoms with van der Waals surface area (Å²) in [4.78, 5) is 16.0. The molecule has 0 amide bonds. The smallest absolute Gasteiger partial charge is 0.243 e. The van der Waals surface area contributed by atoms with E-state index in [2.05, 4.69) is 32.6 Å². The summed E-state index contributed by atoms with van der Waals surface area (Å²) < 4.78 is 28.2. The fourth-order valence-electron chi connectivity index (χ4n) is 5.81. The van der Waals surface area contributed by atoms with Crippen LogP contribution in [-0.2, 0) is 21.2 Å². The van der Waals surface area contributed by atoms with Crippen LogP contribution in [0.15, 0.2) is 40.4 Å². The monoisotopic (exact) mass is 430 g/mol. The van der Waals surface area contributed by atoms with Crippen LogP contribution in [-0.4, -0.2) is 49.1 Å². The van der Waals surface area contributed by atoms with Crippen molar-refractivity contribution < 1.29 is 13.2 Å². The molecule has 3 aliphatic rings. The lowest BCUT2D eigenvalue weighted by molar-refractivity contribution is -0.128. The molecule has 1 saturated carbocycles. The first-order valence-corrected chi connectivity index (χ1v) is 12.7. The summed E-state index contributed by atoms with van der Waals surface area (Å²) in [5, 5.41) is 0. The Morgan fingerprint density at radius 3 is 2.47 bits per heavy atom. The predicted octanol–water partition coefficient (Wildman–Crippen LogP) is 4.00. The van der Waals surface area contributed by atoms with Crippen molar-refractivity contribution in [2.24, 2.45) is 11.3 Å². The first-order valence-electron chi connectivity index (χ1n) is 11.2. The van der Waals surface area contributed by atoms with Crippen molar-refractivity contribution in [3.63, 3.8) is 0 Å². The molecule has 2 fully saturated rings. The number of carbonyl (C=O) groups excluding carboxylic acids is 1. The van der Waals surface area contributed by atoms with Gasteiger partial charge in [0, 0.05) is 37.8 Å². The SMILES string of the molecule is CCN1C(C)=C(Cc2ccccc2S(=O)(=O)N2CCCC2)C2C(=O)CC(C)(C)C[C@@H]21. The van der Waals surface area contributed by atoms with Crippen molar-refractivity contribution in [2.45, 2.75) is 70.7 Å². The number of allylic oxidation sites excluding steroid dienone is 1. The Kier molecular flexibility index (Phi) is 5.60. The molecule has 0 N–H and O–H groups in total. The first-order chi connectivity index (χ1) is 14.2. The molecule has 1 aliphatic carbocycles. The molecular formula is C24H34N2O3S. The summed E-state index contributed by atoms with van der Waals surface area (Å²) in [6.07, 6.45) is 3.96. The van der Waals surface area contributed by atoms with Crippen LogP contribution in [0.4, 0.5) is 0 Å². The standard InChI is InChI=1S/C24H34N2O3S/c1-5-26-17(2)19(23-20(26)15-24(3,4)16-21(23)27)14-18-10-6-7-11-22(18)30(28,29)25-12-8-9-13-25/h6-7,10-11,20,23H,5,8-9,12-16H2,1-4H3/t20-,23?/m0/s1. The van der Waals surface area contributed by atoms with E-state index >= 15 is 0 Å². The van der Waals surface area contributed by atoms with Crippen molar-refractivity contribution in [3.8, 4) is 0 Å². The lowest BCUT2D eigenvalue weighted by Crippen LogP contribution is -2.45. The zero-order valence-electron chi connectivity index (χ0n) is 18.6. The highest BCUT2D eigenvalue weighted by Gasteiger charge is 2.49. The molecule has 1 unspecified atom stereocenters. The number of hydrogen-bond acceptors (Lipinski definition) is 4. The molecule has 1 aromatic carbocycles. The Morgan fingerprint density at radius 2 is 1.80 bits per heavy atom. The minimum absolute atomic E-state index is 0.0123. The molecule has 2 heterocycles. The molecule has 6 heteroatoms. The van der Waals surface area contributed by atoms with Gasteiger partial charge in [-0.05, 0) is 62.1 Å². The van der Waals surface area contributed by atoms with E-state index in [0.29, 0.717) is 36.6 Å². The topological polar surface area (TPSA) is 57.7 Å². The predicted molar refractivity (Wildman–Crippen MR) is 119 cm³/mol. The Morgan fingerprint density at radius 1 is 1.13 bits per heavy atom. The minimum atomic E-state index is -3.50. The minimum Gasteiger partial charge on any atom is -0.371 e. The second-order valence-electron chi connectivity index (χ2n) is 9.85. The third-order valence-electron chi connectivity index (χ3n) is 7.19. The number of rotatable bonds is 5. The molecule has 0 bridgehead atoms. The van der Waals surface area contributed by atoms with E-state index in [1.807, 2.05) is 12.1 Å². The lowest BCUT2D eigenvalue weighted by atomic mass is 9.68. The van der Waals surface area contributed by atoms with E-state index in [1.165, 1.54) is 0 Å². The maximum Gasteiger partial charge on any atom is 0.243 e. The summed E-state index contributed by atoms with van der Waals surface area (Å²) in [5.41, 5.74) is 3.10. The second kappa shape index (κ2) is 7.79. The van der Waals surface area contributed by atoms with Crippen molar-refractivity contribution >= 4 is 15.8 Å². The number of sulfonamides is 1. The quantitative estimate of drug-likeness (QED) is 0.709. The zero-order chi connectivity index (χ0) is 21.7. The highest BCUT2D eigenvalue weighted by molar-refractivity contribution is 7.89. The average Bonchev–Trinajstić information content (AvgIpc) is 3.29. The van der Waals surface area contributed by atoms with E-state index in [1.54, 1.807) is 16.4 Å². The van der Waals surface area contributed by atoms with Crippen LogP contribution in [0.3, 0.4) is 0 Å². The van der Waals surface area contributed by atoms with Gasteiger partial charge in [-0.2, -0.15) is 4.31 Å². The molecule has 5 nitrogen and oxygen atoms in total. The summed E-state index contributed by atoms with van der Waals surface area (Å²) in [6, 6.07) is 7.56. The van der Waals surface area contributed by atoms with Gasteiger partial charge in [-0.25, -0.2) is 8.42 Å². The van der Waals surface area contributed by atoms with Gasteiger partial charge in [0.05, 0.1) is 10.8 Å². The van der Waals surface area contributed by atoms with Gasteiger partial charge >= 0.3 is 0 Å². The number of Topliss-reactive ketones (excluding diaryl/α,β-unsaturated/α-hetero) is 1. The van der Waals surface area contributed by atoms with E-state index in [-0.39, 0.29) is 17.4 Å². The van der Waals surface area contributed by atoms with E-state index in [4.69, 9.17) is 0 Å². The molecule has 0 aromatic heterocycles. The van der Waals surface area contributed by atoms with Gasteiger partial charge in [0.15, 0.2) is 0 Å². The second-order valence-corrected chi connectivity index (χ2v) is 11.8. The van der Waals surface area contributed by atoms with Gasteiger partial charge < -0.3 is 4.90 Å². The molecule has 2 atom stereocenters. The Bertz CT molecular complexity index is 974. The molecule has 1 saturated heterocycles. The third-order valence-corrected chi connectivity index (χ3v) is 9.19. The maximum atomic E-state index is 13.3. The van der Waals surface area contributed by atoms with Crippen LogP contribution in [0.1, 0.15) is 58.9 Å². The molecule has 30 heavy (non-hydrogen) atoms. The summed E-state index contributed by atoms with van der Waals surface area (Å²) in [7, 11) is -3.50. The van der Waals surface area contributed by atoms with Gasteiger partial charge in [0.1, 0.15) is 5.78 Å². The van der Waals surface area contributed by atoms with E-state index in [9.17, 15) is 13.2 Å². The van der Waals surface area contributed by atoms with Gasteiger partial charge in [-0.1, -0.05) is 32.0 Å². The Labute approximate surface area is 181 Å². The molecule has 0 radical (unpaired) electrons. The van der Waals surface area contributed by atoms with Crippen LogP contribution >= 0.6 is 0 Å². The number of ketones is 1. The molecule has 4 rings (SSSR count). The van der Waals surface area contributed by atoms with Gasteiger partial charge in [-0.15, -0.1) is 0 Å². The van der Waals surface area contributed by atoms with Crippen molar-refractivity contribution in [1.29, 1.82) is 0 Å². The van der Waals surface area contributed by atoms with Gasteiger partial charge in [-0.3, -0.25) is 4.79 Å². The van der Waals surface area contributed by atoms with Crippen molar-refractivity contribution in [1.82, 2.24) is 9.21 Å². The first kappa shape index (κ1) is 21.6. The highest BCUT2D eigenvalue weighted by atomic mass is 32.2. The molecule has 0 spiro atoms. The number of fused-ring (bicyclic) bond motifs is 1. The number of benzene rings is 1. The number of nitrogens with zero attached hydrogens (tertiary/aromatic N) is 2. The summed E-state index contributed by atoms with van der Waals surface area (Å²) >= 11 is 0. The fourth-order valence-corrected chi connectivity index (χ4v) is 7.55. The van der Waals surface area contributed by atoms with E-state index < -0.39 is 10.0 Å². The lowest BCUT2D eigenvalue weighted by Gasteiger charge is -2.41. The van der Waals surface area contributed by atoms with Crippen molar-refractivity contribution in [3.05, 3.63) is 41.1 Å². The van der Waals surface area contributed by atoms with E-state index in [0.717, 1.165) is 42.6 Å². The number of hydrogen-bond donors (Lipinski definition) is 0. The van der Waals surface area contributed by atoms with Crippen LogP contribution in [0.25, 0.3) is 0 Å². The van der Waals surface area contributed by atoms with Crippen LogP contribution in [0.5, 0.6) is 0 Å². The van der Waals surface area contributed by atoms with Crippen LogP contribution in [0, 0.1) is 11.3 Å². The Hall–Kier alpha value is -1.66. The molecular weight excluding hydrogens is 396 g/mol. The third kappa shape index (κ3) is 3.62. The van der Waals surface area contributed by atoms with Gasteiger partial charge in [0.25, 0.3) is 0 Å². The summed E-state index contributed by atoms with van der Waals surface area (Å²) in [5.74, 6) is 0.196. The van der Waals surface area contributed by atoms with Gasteiger partial charge in [0.2, 0.25) is 10.0 Å². The fraction of sp³-hybridized carbons (Fsp3) is 0.625. The largest absolute Gasteiger partial charge is 0.371 e. The zero-order valence-corrected chi connectivity index (χ0v) is 19.5. The van der Waals surface area contributed by atoms with Crippen LogP contribution in [0.2, 0.25) is 0 Å². The maximum absolute atomic E-state index is 13.3. The summed E-state index contributed by atoms with van der Waals surface area (Å²) in [6.45, 7) is 10.7. The molecule has 2 aliphatic heterocycles. The normalized spacial score (nSPS) is 27.1. The van der Waals surface area contributed by atoms with Crippen molar-refractivity contribution in [2.75, 3.05) is 19.6 Å². The van der Waals surface area contributed by atoms with Crippen LogP contribution < -0.4 is 0 Å². The Balaban J connectivity index is 1.71. The molecule has 164 valence electrons.